The highest BCUT2D eigenvalue weighted by molar-refractivity contribution is 5.84. The molecule has 3 saturated heterocycles. The first kappa shape index (κ1) is 53.8. The second-order valence-electron chi connectivity index (χ2n) is 20.2. The molecule has 0 saturated carbocycles. The molecule has 1 amide bonds. The number of esters is 1. The molecule has 0 bridgehead atoms. The number of carbonyl (C=O) groups is 3. The standard InChI is InChI=1S/C49H77N3O14/c1-26-24-47(7,59)44(66-46-40(55)35(52(10)11)23-27(2)62-46)29(4)41(65-38-25-48(8,61-12)43(57)31(6)63-38)30(5)45(58)64-36(49(9,60)42(56)28(3)39(26)54)20-22-51-37(53)18-17-32-19-21-50-34-16-14-13-15-33(32)34/h13-16,19,21,26-31,35-36,38,40-44,46,55-57,59-60H,17-18,20,22-25H2,1-12H3,(H,51,53)/t26-,27?,28+,29+,30?,31?,35?,36-,38?,40?,41?,42?,43?,44?,46?,47?,48?,49?/m1/s1. The molecule has 5 rings (SSSR count). The van der Waals surface area contributed by atoms with E-state index in [1.807, 2.05) is 56.3 Å². The Morgan fingerprint density at radius 3 is 2.27 bits per heavy atom. The number of rotatable bonds is 12. The maximum atomic E-state index is 14.7. The van der Waals surface area contributed by atoms with E-state index >= 15 is 0 Å². The van der Waals surface area contributed by atoms with Crippen molar-refractivity contribution in [2.24, 2.45) is 23.7 Å². The van der Waals surface area contributed by atoms with Gasteiger partial charge < -0.3 is 64.2 Å². The Morgan fingerprint density at radius 1 is 0.924 bits per heavy atom. The van der Waals surface area contributed by atoms with Gasteiger partial charge in [-0.1, -0.05) is 39.0 Å². The van der Waals surface area contributed by atoms with E-state index in [9.17, 15) is 39.9 Å². The highest BCUT2D eigenvalue weighted by Crippen LogP contribution is 2.41. The summed E-state index contributed by atoms with van der Waals surface area (Å²) in [6.45, 7) is 14.4. The Hall–Kier alpha value is -3.20. The van der Waals surface area contributed by atoms with Gasteiger partial charge >= 0.3 is 5.97 Å². The minimum atomic E-state index is -2.21. The number of ether oxygens (including phenoxy) is 6. The van der Waals surface area contributed by atoms with Crippen LogP contribution < -0.4 is 5.32 Å². The molecule has 6 N–H and O–H groups in total. The number of ketones is 1. The number of hydrogen-bond acceptors (Lipinski definition) is 16. The van der Waals surface area contributed by atoms with Crippen LogP contribution in [-0.2, 0) is 49.2 Å². The molecule has 2 aromatic rings. The predicted octanol–water partition coefficient (Wildman–Crippen LogP) is 3.06. The predicted molar refractivity (Wildman–Crippen MR) is 244 cm³/mol. The van der Waals surface area contributed by atoms with Crippen molar-refractivity contribution in [1.82, 2.24) is 15.2 Å². The van der Waals surface area contributed by atoms with Gasteiger partial charge in [0.1, 0.15) is 29.7 Å². The number of fused-ring (bicyclic) bond motifs is 1. The van der Waals surface area contributed by atoms with Gasteiger partial charge in [0.05, 0.1) is 53.2 Å². The molecule has 14 unspecified atom stereocenters. The zero-order chi connectivity index (χ0) is 49.1. The fourth-order valence-electron chi connectivity index (χ4n) is 10.3. The van der Waals surface area contributed by atoms with E-state index in [1.165, 1.54) is 27.9 Å². The lowest BCUT2D eigenvalue weighted by Gasteiger charge is -2.49. The fraction of sp³-hybridized carbons (Fsp3) is 0.755. The number of methoxy groups -OCH3 is 1. The number of Topliss-reactive ketones (excluding diaryl/α,β-unsaturated/α-hetero) is 1. The number of cyclic esters (lactones) is 1. The van der Waals surface area contributed by atoms with Crippen LogP contribution in [0.4, 0.5) is 0 Å². The third-order valence-corrected chi connectivity index (χ3v) is 14.5. The van der Waals surface area contributed by atoms with E-state index in [1.54, 1.807) is 40.8 Å². The number of aliphatic hydroxyl groups excluding tert-OH is 3. The number of amides is 1. The molecule has 3 fully saturated rings. The van der Waals surface area contributed by atoms with E-state index < -0.39 is 108 Å². The first-order valence-electron chi connectivity index (χ1n) is 23.5. The van der Waals surface area contributed by atoms with Gasteiger partial charge in [-0.05, 0) is 92.6 Å². The molecule has 0 aliphatic carbocycles. The van der Waals surface area contributed by atoms with Gasteiger partial charge in [-0.25, -0.2) is 0 Å². The molecule has 66 heavy (non-hydrogen) atoms. The number of para-hydroxylation sites is 1. The lowest BCUT2D eigenvalue weighted by atomic mass is 9.74. The van der Waals surface area contributed by atoms with E-state index in [-0.39, 0.29) is 50.3 Å². The number of aromatic nitrogens is 1. The number of likely N-dealkylation sites (N-methyl/N-ethyl adjacent to an activating group) is 1. The minimum Gasteiger partial charge on any atom is -0.459 e. The SMILES string of the molecule is COC1(C)CC(OC2C(C)C(=O)O[C@H](CCNC(=O)CCc3ccnc4ccccc34)C(C)(O)C(O)[C@@H](C)C(=O)[C@H](C)CC(C)(O)C(OC3OC(C)CC(N(C)C)C3O)[C@H]2C)OC(C)C1O. The maximum Gasteiger partial charge on any atom is 0.311 e. The Labute approximate surface area is 389 Å². The van der Waals surface area contributed by atoms with Gasteiger partial charge in [0.15, 0.2) is 12.6 Å². The molecule has 0 radical (unpaired) electrons. The van der Waals surface area contributed by atoms with Gasteiger partial charge in [-0.3, -0.25) is 19.4 Å². The van der Waals surface area contributed by atoms with Gasteiger partial charge in [0, 0.05) is 68.3 Å². The number of aryl methyl sites for hydroxylation is 1. The quantitative estimate of drug-likeness (QED) is 0.168. The number of carbonyl (C=O) groups excluding carboxylic acids is 3. The lowest BCUT2D eigenvalue weighted by Crippen LogP contribution is -2.61. The number of pyridine rings is 1. The van der Waals surface area contributed by atoms with Crippen LogP contribution in [0.5, 0.6) is 0 Å². The van der Waals surface area contributed by atoms with Crippen LogP contribution in [0.2, 0.25) is 0 Å². The van der Waals surface area contributed by atoms with E-state index in [2.05, 4.69) is 10.3 Å². The summed E-state index contributed by atoms with van der Waals surface area (Å²) >= 11 is 0. The second kappa shape index (κ2) is 22.0. The zero-order valence-corrected chi connectivity index (χ0v) is 40.9. The third kappa shape index (κ3) is 12.1. The van der Waals surface area contributed by atoms with Crippen LogP contribution in [0.25, 0.3) is 10.9 Å². The van der Waals surface area contributed by atoms with E-state index in [0.29, 0.717) is 12.8 Å². The van der Waals surface area contributed by atoms with Crippen molar-refractivity contribution in [3.05, 3.63) is 42.1 Å². The Morgan fingerprint density at radius 2 is 1.61 bits per heavy atom. The van der Waals surface area contributed by atoms with Crippen LogP contribution in [0.1, 0.15) is 100.0 Å². The molecule has 3 aliphatic heterocycles. The first-order chi connectivity index (χ1) is 30.8. The first-order valence-corrected chi connectivity index (χ1v) is 23.5. The van der Waals surface area contributed by atoms with Crippen molar-refractivity contribution in [3.63, 3.8) is 0 Å². The average molecular weight is 932 g/mol. The zero-order valence-electron chi connectivity index (χ0n) is 40.9. The monoisotopic (exact) mass is 932 g/mol. The van der Waals surface area contributed by atoms with Gasteiger partial charge in [0.2, 0.25) is 5.91 Å². The number of aliphatic hydroxyl groups is 5. The van der Waals surface area contributed by atoms with Crippen LogP contribution in [-0.4, -0.2) is 165 Å². The summed E-state index contributed by atoms with van der Waals surface area (Å²) in [7, 11) is 5.14. The minimum absolute atomic E-state index is 0.0401. The van der Waals surface area contributed by atoms with Crippen molar-refractivity contribution < 1.29 is 68.3 Å². The molecular formula is C49H77N3O14. The van der Waals surface area contributed by atoms with E-state index in [4.69, 9.17) is 28.4 Å². The number of benzene rings is 1. The lowest BCUT2D eigenvalue weighted by molar-refractivity contribution is -0.318. The summed E-state index contributed by atoms with van der Waals surface area (Å²) in [5, 5.41) is 63.0. The molecule has 1 aromatic carbocycles. The second-order valence-corrected chi connectivity index (χ2v) is 20.2. The Balaban J connectivity index is 1.49. The van der Waals surface area contributed by atoms with Crippen molar-refractivity contribution in [2.75, 3.05) is 27.7 Å². The summed E-state index contributed by atoms with van der Waals surface area (Å²) in [5.74, 6) is -5.87. The van der Waals surface area contributed by atoms with Crippen LogP contribution in [0.15, 0.2) is 36.5 Å². The van der Waals surface area contributed by atoms with Crippen molar-refractivity contribution in [1.29, 1.82) is 0 Å². The van der Waals surface area contributed by atoms with Gasteiger partial charge in [0.25, 0.3) is 0 Å². The molecule has 17 heteroatoms. The summed E-state index contributed by atoms with van der Waals surface area (Å²) in [6.07, 6.45) is -8.78. The molecule has 0 spiro atoms. The van der Waals surface area contributed by atoms with Gasteiger partial charge in [-0.2, -0.15) is 0 Å². The highest BCUT2D eigenvalue weighted by Gasteiger charge is 2.53. The molecule has 18 atom stereocenters. The number of hydrogen-bond donors (Lipinski definition) is 6. The average Bonchev–Trinajstić information content (AvgIpc) is 3.26. The fourth-order valence-corrected chi connectivity index (χ4v) is 10.3. The Bertz CT molecular complexity index is 1940. The smallest absolute Gasteiger partial charge is 0.311 e. The molecule has 1 aromatic heterocycles. The molecule has 17 nitrogen and oxygen atoms in total. The summed E-state index contributed by atoms with van der Waals surface area (Å²) in [6, 6.07) is 9.16. The van der Waals surface area contributed by atoms with Crippen LogP contribution >= 0.6 is 0 Å². The largest absolute Gasteiger partial charge is 0.459 e. The third-order valence-electron chi connectivity index (χ3n) is 14.5. The van der Waals surface area contributed by atoms with E-state index in [0.717, 1.165) is 16.5 Å². The van der Waals surface area contributed by atoms with Gasteiger partial charge in [-0.15, -0.1) is 0 Å². The molecule has 4 heterocycles. The van der Waals surface area contributed by atoms with Crippen LogP contribution in [0, 0.1) is 23.7 Å². The number of nitrogens with zero attached hydrogens (tertiary/aromatic N) is 2. The Kier molecular flexibility index (Phi) is 18.0. The molecule has 372 valence electrons. The summed E-state index contributed by atoms with van der Waals surface area (Å²) in [5.41, 5.74) is -3.42. The summed E-state index contributed by atoms with van der Waals surface area (Å²) in [4.78, 5) is 48.4. The van der Waals surface area contributed by atoms with Crippen molar-refractivity contribution >= 4 is 28.6 Å². The number of nitrogens with one attached hydrogen (secondary N) is 1. The maximum absolute atomic E-state index is 14.7. The molecular weight excluding hydrogens is 855 g/mol. The van der Waals surface area contributed by atoms with Crippen LogP contribution in [0.3, 0.4) is 0 Å². The van der Waals surface area contributed by atoms with Crippen molar-refractivity contribution in [3.8, 4) is 0 Å². The molecule has 3 aliphatic rings. The highest BCUT2D eigenvalue weighted by atomic mass is 16.7. The normalized spacial score (nSPS) is 41.0. The summed E-state index contributed by atoms with van der Waals surface area (Å²) < 4.78 is 37.7. The van der Waals surface area contributed by atoms with Crippen molar-refractivity contribution in [2.45, 2.75) is 185 Å². The topological polar surface area (TPSA) is 236 Å².